The molecule has 0 aliphatic heterocycles. The van der Waals surface area contributed by atoms with Crippen LogP contribution in [-0.4, -0.2) is 36.0 Å². The molecule has 1 atom stereocenters. The Morgan fingerprint density at radius 3 is 2.55 bits per heavy atom. The van der Waals surface area contributed by atoms with E-state index in [1.54, 1.807) is 11.6 Å². The largest absolute Gasteiger partial charge is 0.313 e. The maximum absolute atomic E-state index is 12.1. The highest BCUT2D eigenvalue weighted by Crippen LogP contribution is 2.08. The first kappa shape index (κ1) is 17.1. The summed E-state index contributed by atoms with van der Waals surface area (Å²) in [5, 5.41) is 6.98. The van der Waals surface area contributed by atoms with Crippen LogP contribution >= 0.6 is 0 Å². The third-order valence-electron chi connectivity index (χ3n) is 3.13. The van der Waals surface area contributed by atoms with Crippen LogP contribution in [0.1, 0.15) is 39.0 Å². The van der Waals surface area contributed by atoms with Gasteiger partial charge < -0.3 is 5.32 Å². The summed E-state index contributed by atoms with van der Waals surface area (Å²) in [5.74, 6) is 0. The minimum atomic E-state index is -3.32. The molecule has 6 nitrogen and oxygen atoms in total. The molecule has 0 saturated heterocycles. The molecule has 20 heavy (non-hydrogen) atoms. The topological polar surface area (TPSA) is 76.0 Å². The van der Waals surface area contributed by atoms with E-state index in [9.17, 15) is 8.42 Å². The van der Waals surface area contributed by atoms with Gasteiger partial charge in [-0.15, -0.1) is 0 Å². The summed E-state index contributed by atoms with van der Waals surface area (Å²) in [6.07, 6.45) is 2.65. The number of aryl methyl sites for hydroxylation is 2. The van der Waals surface area contributed by atoms with Gasteiger partial charge in [0.2, 0.25) is 10.0 Å². The maximum Gasteiger partial charge on any atom is 0.215 e. The van der Waals surface area contributed by atoms with Crippen LogP contribution in [-0.2, 0) is 30.0 Å². The van der Waals surface area contributed by atoms with Crippen molar-refractivity contribution >= 4 is 10.0 Å². The molecule has 1 unspecified atom stereocenters. The molecule has 0 bridgehead atoms. The van der Waals surface area contributed by atoms with Crippen LogP contribution in [0.5, 0.6) is 0 Å². The minimum Gasteiger partial charge on any atom is -0.313 e. The average molecular weight is 302 g/mol. The van der Waals surface area contributed by atoms with Gasteiger partial charge in [-0.2, -0.15) is 5.10 Å². The zero-order valence-corrected chi connectivity index (χ0v) is 13.8. The van der Waals surface area contributed by atoms with E-state index in [2.05, 4.69) is 15.1 Å². The van der Waals surface area contributed by atoms with Gasteiger partial charge in [-0.1, -0.05) is 20.8 Å². The number of hydrogen-bond donors (Lipinski definition) is 2. The van der Waals surface area contributed by atoms with E-state index in [1.807, 2.05) is 34.0 Å². The second kappa shape index (κ2) is 7.19. The Balaban J connectivity index is 2.62. The zero-order chi connectivity index (χ0) is 15.3. The number of aromatic nitrogens is 2. The molecule has 0 amide bonds. The van der Waals surface area contributed by atoms with Gasteiger partial charge in [-0.3, -0.25) is 4.68 Å². The van der Waals surface area contributed by atoms with Gasteiger partial charge in [-0.25, -0.2) is 13.1 Å². The van der Waals surface area contributed by atoms with Gasteiger partial charge in [0, 0.05) is 37.9 Å². The van der Waals surface area contributed by atoms with Crippen molar-refractivity contribution in [2.75, 3.05) is 6.54 Å². The fourth-order valence-electron chi connectivity index (χ4n) is 1.86. The molecule has 0 aliphatic carbocycles. The maximum atomic E-state index is 12.1. The van der Waals surface area contributed by atoms with Gasteiger partial charge in [0.25, 0.3) is 0 Å². The van der Waals surface area contributed by atoms with Crippen molar-refractivity contribution in [2.24, 2.45) is 7.05 Å². The minimum absolute atomic E-state index is 0.276. The highest BCUT2D eigenvalue weighted by Gasteiger charge is 2.21. The normalized spacial score (nSPS) is 13.9. The van der Waals surface area contributed by atoms with Crippen LogP contribution in [0.2, 0.25) is 0 Å². The van der Waals surface area contributed by atoms with E-state index in [0.717, 1.165) is 17.7 Å². The van der Waals surface area contributed by atoms with Crippen LogP contribution in [0.3, 0.4) is 0 Å². The Morgan fingerprint density at radius 1 is 1.35 bits per heavy atom. The fourth-order valence-corrected chi connectivity index (χ4v) is 2.82. The third-order valence-corrected chi connectivity index (χ3v) is 4.91. The second-order valence-corrected chi connectivity index (χ2v) is 7.55. The molecule has 0 saturated carbocycles. The van der Waals surface area contributed by atoms with Crippen molar-refractivity contribution in [2.45, 2.75) is 52.0 Å². The van der Waals surface area contributed by atoms with Crippen LogP contribution in [0.15, 0.2) is 6.20 Å². The summed E-state index contributed by atoms with van der Waals surface area (Å²) in [4.78, 5) is 0. The van der Waals surface area contributed by atoms with Crippen molar-refractivity contribution in [1.29, 1.82) is 0 Å². The first-order chi connectivity index (χ1) is 9.26. The Morgan fingerprint density at radius 2 is 2.00 bits per heavy atom. The van der Waals surface area contributed by atoms with Crippen molar-refractivity contribution in [3.63, 3.8) is 0 Å². The lowest BCUT2D eigenvalue weighted by Crippen LogP contribution is -2.40. The van der Waals surface area contributed by atoms with Crippen LogP contribution < -0.4 is 10.0 Å². The Kier molecular flexibility index (Phi) is 6.16. The quantitative estimate of drug-likeness (QED) is 0.744. The number of hydrogen-bond acceptors (Lipinski definition) is 4. The highest BCUT2D eigenvalue weighted by atomic mass is 32.2. The summed E-state index contributed by atoms with van der Waals surface area (Å²) in [5.41, 5.74) is 1.87. The van der Waals surface area contributed by atoms with Gasteiger partial charge in [-0.05, 0) is 13.3 Å². The lowest BCUT2D eigenvalue weighted by molar-refractivity contribution is 0.540. The SMILES string of the molecule is CCc1nn(C)cc1CNS(=O)(=O)C(C)CNC(C)C. The fraction of sp³-hybridized carbons (Fsp3) is 0.769. The molecule has 1 rings (SSSR count). The van der Waals surface area contributed by atoms with Crippen molar-refractivity contribution in [3.05, 3.63) is 17.5 Å². The van der Waals surface area contributed by atoms with Gasteiger partial charge in [0.05, 0.1) is 10.9 Å². The highest BCUT2D eigenvalue weighted by molar-refractivity contribution is 7.90. The van der Waals surface area contributed by atoms with Crippen LogP contribution in [0.25, 0.3) is 0 Å². The molecule has 116 valence electrons. The van der Waals surface area contributed by atoms with E-state index in [-0.39, 0.29) is 6.04 Å². The molecule has 1 aromatic rings. The van der Waals surface area contributed by atoms with E-state index >= 15 is 0 Å². The van der Waals surface area contributed by atoms with Crippen molar-refractivity contribution in [3.8, 4) is 0 Å². The van der Waals surface area contributed by atoms with Gasteiger partial charge in [0.15, 0.2) is 0 Å². The Labute approximate surface area is 122 Å². The standard InChI is InChI=1S/C13H26N4O2S/c1-6-13-12(9-17(5)16-13)8-15-20(18,19)11(4)7-14-10(2)3/h9-11,14-15H,6-8H2,1-5H3. The Hall–Kier alpha value is -0.920. The molecule has 0 spiro atoms. The van der Waals surface area contributed by atoms with E-state index in [0.29, 0.717) is 13.1 Å². The molecular weight excluding hydrogens is 276 g/mol. The van der Waals surface area contributed by atoms with Gasteiger partial charge in [0.1, 0.15) is 0 Å². The average Bonchev–Trinajstić information content (AvgIpc) is 2.73. The first-order valence-corrected chi connectivity index (χ1v) is 8.54. The number of rotatable bonds is 8. The first-order valence-electron chi connectivity index (χ1n) is 6.99. The molecule has 7 heteroatoms. The summed E-state index contributed by atoms with van der Waals surface area (Å²) < 4.78 is 28.7. The summed E-state index contributed by atoms with van der Waals surface area (Å²) >= 11 is 0. The monoisotopic (exact) mass is 302 g/mol. The predicted molar refractivity (Wildman–Crippen MR) is 80.9 cm³/mol. The van der Waals surface area contributed by atoms with Crippen LogP contribution in [0, 0.1) is 0 Å². The van der Waals surface area contributed by atoms with Crippen molar-refractivity contribution < 1.29 is 8.42 Å². The lowest BCUT2D eigenvalue weighted by atomic mass is 10.2. The van der Waals surface area contributed by atoms with Crippen molar-refractivity contribution in [1.82, 2.24) is 19.8 Å². The summed E-state index contributed by atoms with van der Waals surface area (Å²) in [7, 11) is -1.48. The van der Waals surface area contributed by atoms with E-state index in [4.69, 9.17) is 0 Å². The molecular formula is C13H26N4O2S. The van der Waals surface area contributed by atoms with Gasteiger partial charge >= 0.3 is 0 Å². The predicted octanol–water partition coefficient (Wildman–Crippen LogP) is 0.788. The summed E-state index contributed by atoms with van der Waals surface area (Å²) in [6.45, 7) is 8.45. The number of nitrogens with one attached hydrogen (secondary N) is 2. The molecule has 0 aliphatic rings. The molecule has 1 heterocycles. The molecule has 1 aromatic heterocycles. The molecule has 0 aromatic carbocycles. The third kappa shape index (κ3) is 4.88. The molecule has 0 fully saturated rings. The zero-order valence-electron chi connectivity index (χ0n) is 13.0. The number of nitrogens with zero attached hydrogens (tertiary/aromatic N) is 2. The molecule has 2 N–H and O–H groups in total. The second-order valence-electron chi connectivity index (χ2n) is 5.37. The number of sulfonamides is 1. The Bertz CT molecular complexity index is 522. The summed E-state index contributed by atoms with van der Waals surface area (Å²) in [6, 6.07) is 0.276. The molecule has 0 radical (unpaired) electrons. The van der Waals surface area contributed by atoms with E-state index in [1.165, 1.54) is 0 Å². The lowest BCUT2D eigenvalue weighted by Gasteiger charge is -2.16. The van der Waals surface area contributed by atoms with Crippen LogP contribution in [0.4, 0.5) is 0 Å². The van der Waals surface area contributed by atoms with E-state index < -0.39 is 15.3 Å². The smallest absolute Gasteiger partial charge is 0.215 e.